The summed E-state index contributed by atoms with van der Waals surface area (Å²) in [6.45, 7) is 6.99. The summed E-state index contributed by atoms with van der Waals surface area (Å²) in [5.74, 6) is 0.818. The minimum atomic E-state index is -3.01. The Balaban J connectivity index is 2.39. The largest absolute Gasteiger partial charge is 0.316 e. The van der Waals surface area contributed by atoms with Crippen LogP contribution in [0.2, 0.25) is 0 Å². The van der Waals surface area contributed by atoms with Crippen molar-refractivity contribution in [1.82, 2.24) is 9.62 Å². The Labute approximate surface area is 99.5 Å². The highest BCUT2D eigenvalue weighted by Gasteiger charge is 2.30. The molecule has 1 saturated heterocycles. The fraction of sp³-hybridized carbons (Fsp3) is 1.00. The molecule has 16 heavy (non-hydrogen) atoms. The van der Waals surface area contributed by atoms with Gasteiger partial charge in [-0.2, -0.15) is 0 Å². The number of rotatable bonds is 7. The van der Waals surface area contributed by atoms with E-state index in [2.05, 4.69) is 12.2 Å². The van der Waals surface area contributed by atoms with Crippen molar-refractivity contribution >= 4 is 10.0 Å². The third-order valence-corrected chi connectivity index (χ3v) is 4.96. The average molecular weight is 248 g/mol. The normalized spacial score (nSPS) is 22.8. The monoisotopic (exact) mass is 248 g/mol. The second kappa shape index (κ2) is 6.57. The summed E-state index contributed by atoms with van der Waals surface area (Å²) in [5, 5.41) is 3.06. The minimum Gasteiger partial charge on any atom is -0.316 e. The smallest absolute Gasteiger partial charge is 0.215 e. The lowest BCUT2D eigenvalue weighted by Gasteiger charge is -2.16. The highest BCUT2D eigenvalue weighted by Crippen LogP contribution is 2.23. The van der Waals surface area contributed by atoms with Gasteiger partial charge in [-0.25, -0.2) is 12.7 Å². The number of hydrogen-bond acceptors (Lipinski definition) is 3. The number of nitrogens with one attached hydrogen (secondary N) is 1. The van der Waals surface area contributed by atoms with Gasteiger partial charge in [-0.1, -0.05) is 20.3 Å². The predicted molar refractivity (Wildman–Crippen MR) is 66.9 cm³/mol. The SMILES string of the molecule is CCCC1CCN(S(=O)(=O)CCNCC)C1. The zero-order valence-electron chi connectivity index (χ0n) is 10.4. The molecule has 0 saturated carbocycles. The Morgan fingerprint density at radius 1 is 1.38 bits per heavy atom. The highest BCUT2D eigenvalue weighted by molar-refractivity contribution is 7.89. The van der Waals surface area contributed by atoms with Crippen LogP contribution in [0, 0.1) is 5.92 Å². The zero-order chi connectivity index (χ0) is 12.0. The molecule has 0 amide bonds. The predicted octanol–water partition coefficient (Wildman–Crippen LogP) is 1.05. The third kappa shape index (κ3) is 4.03. The van der Waals surface area contributed by atoms with Crippen LogP contribution in [0.3, 0.4) is 0 Å². The molecule has 0 spiro atoms. The summed E-state index contributed by atoms with van der Waals surface area (Å²) < 4.78 is 25.6. The Kier molecular flexibility index (Phi) is 5.72. The van der Waals surface area contributed by atoms with Gasteiger partial charge < -0.3 is 5.32 Å². The molecule has 0 aromatic heterocycles. The molecule has 0 aromatic rings. The van der Waals surface area contributed by atoms with Crippen molar-refractivity contribution in [3.63, 3.8) is 0 Å². The van der Waals surface area contributed by atoms with Crippen molar-refractivity contribution in [2.45, 2.75) is 33.1 Å². The van der Waals surface area contributed by atoms with Gasteiger partial charge in [-0.3, -0.25) is 0 Å². The molecule has 1 heterocycles. The molecule has 1 aliphatic heterocycles. The van der Waals surface area contributed by atoms with E-state index in [1.807, 2.05) is 6.92 Å². The fourth-order valence-corrected chi connectivity index (χ4v) is 3.68. The first-order valence-corrected chi connectivity index (χ1v) is 7.89. The van der Waals surface area contributed by atoms with Crippen molar-refractivity contribution < 1.29 is 8.42 Å². The molecular formula is C11H24N2O2S. The van der Waals surface area contributed by atoms with Crippen LogP contribution in [0.25, 0.3) is 0 Å². The van der Waals surface area contributed by atoms with E-state index in [4.69, 9.17) is 0 Å². The first-order valence-electron chi connectivity index (χ1n) is 6.28. The van der Waals surface area contributed by atoms with E-state index in [9.17, 15) is 8.42 Å². The molecule has 96 valence electrons. The fourth-order valence-electron chi connectivity index (χ4n) is 2.20. The Morgan fingerprint density at radius 2 is 2.12 bits per heavy atom. The first kappa shape index (κ1) is 13.9. The maximum absolute atomic E-state index is 11.9. The molecule has 1 atom stereocenters. The molecule has 0 aromatic carbocycles. The third-order valence-electron chi connectivity index (χ3n) is 3.13. The molecule has 5 heteroatoms. The summed E-state index contributed by atoms with van der Waals surface area (Å²) >= 11 is 0. The van der Waals surface area contributed by atoms with Crippen LogP contribution in [-0.2, 0) is 10.0 Å². The molecule has 4 nitrogen and oxygen atoms in total. The van der Waals surface area contributed by atoms with E-state index < -0.39 is 10.0 Å². The summed E-state index contributed by atoms with van der Waals surface area (Å²) in [6.07, 6.45) is 3.34. The molecule has 1 rings (SSSR count). The Bertz CT molecular complexity index is 290. The summed E-state index contributed by atoms with van der Waals surface area (Å²) in [6, 6.07) is 0. The maximum atomic E-state index is 11.9. The number of hydrogen-bond donors (Lipinski definition) is 1. The van der Waals surface area contributed by atoms with Crippen LogP contribution in [0.1, 0.15) is 33.1 Å². The van der Waals surface area contributed by atoms with Crippen molar-refractivity contribution in [2.24, 2.45) is 5.92 Å². The van der Waals surface area contributed by atoms with Crippen LogP contribution in [0.4, 0.5) is 0 Å². The van der Waals surface area contributed by atoms with Gasteiger partial charge in [0.2, 0.25) is 10.0 Å². The topological polar surface area (TPSA) is 49.4 Å². The lowest BCUT2D eigenvalue weighted by molar-refractivity contribution is 0.444. The maximum Gasteiger partial charge on any atom is 0.215 e. The lowest BCUT2D eigenvalue weighted by Crippen LogP contribution is -2.34. The van der Waals surface area contributed by atoms with E-state index in [0.717, 1.165) is 38.9 Å². The van der Waals surface area contributed by atoms with Crippen molar-refractivity contribution in [1.29, 1.82) is 0 Å². The second-order valence-electron chi connectivity index (χ2n) is 4.47. The second-order valence-corrected chi connectivity index (χ2v) is 6.56. The van der Waals surface area contributed by atoms with Gasteiger partial charge in [0, 0.05) is 19.6 Å². The van der Waals surface area contributed by atoms with Crippen molar-refractivity contribution in [3.05, 3.63) is 0 Å². The molecule has 0 bridgehead atoms. The van der Waals surface area contributed by atoms with Crippen LogP contribution in [-0.4, -0.2) is 44.7 Å². The van der Waals surface area contributed by atoms with E-state index in [0.29, 0.717) is 12.5 Å². The molecule has 1 unspecified atom stereocenters. The summed E-state index contributed by atoms with van der Waals surface area (Å²) in [4.78, 5) is 0. The number of nitrogens with zero attached hydrogens (tertiary/aromatic N) is 1. The quantitative estimate of drug-likeness (QED) is 0.685. The van der Waals surface area contributed by atoms with E-state index in [1.54, 1.807) is 4.31 Å². The number of sulfonamides is 1. The average Bonchev–Trinajstić information content (AvgIpc) is 2.68. The van der Waals surface area contributed by atoms with Gasteiger partial charge >= 0.3 is 0 Å². The Hall–Kier alpha value is -0.130. The summed E-state index contributed by atoms with van der Waals surface area (Å²) in [7, 11) is -3.01. The first-order chi connectivity index (χ1) is 7.60. The van der Waals surface area contributed by atoms with Crippen LogP contribution < -0.4 is 5.32 Å². The molecule has 1 aliphatic rings. The molecule has 0 radical (unpaired) electrons. The van der Waals surface area contributed by atoms with Gasteiger partial charge in [0.05, 0.1) is 5.75 Å². The minimum absolute atomic E-state index is 0.236. The van der Waals surface area contributed by atoms with E-state index in [-0.39, 0.29) is 5.75 Å². The molecule has 1 N–H and O–H groups in total. The van der Waals surface area contributed by atoms with Gasteiger partial charge in [0.25, 0.3) is 0 Å². The zero-order valence-corrected chi connectivity index (χ0v) is 11.2. The van der Waals surface area contributed by atoms with Crippen LogP contribution >= 0.6 is 0 Å². The lowest BCUT2D eigenvalue weighted by atomic mass is 10.0. The Morgan fingerprint density at radius 3 is 2.75 bits per heavy atom. The van der Waals surface area contributed by atoms with Crippen molar-refractivity contribution in [3.8, 4) is 0 Å². The molecule has 0 aliphatic carbocycles. The van der Waals surface area contributed by atoms with Gasteiger partial charge in [0.1, 0.15) is 0 Å². The highest BCUT2D eigenvalue weighted by atomic mass is 32.2. The molecular weight excluding hydrogens is 224 g/mol. The van der Waals surface area contributed by atoms with E-state index in [1.165, 1.54) is 0 Å². The van der Waals surface area contributed by atoms with Crippen LogP contribution in [0.15, 0.2) is 0 Å². The van der Waals surface area contributed by atoms with Gasteiger partial charge in [-0.05, 0) is 25.3 Å². The van der Waals surface area contributed by atoms with Crippen LogP contribution in [0.5, 0.6) is 0 Å². The van der Waals surface area contributed by atoms with Gasteiger partial charge in [-0.15, -0.1) is 0 Å². The standard InChI is InChI=1S/C11H24N2O2S/c1-3-5-11-6-8-13(10-11)16(14,15)9-7-12-4-2/h11-12H,3-10H2,1-2H3. The summed E-state index contributed by atoms with van der Waals surface area (Å²) in [5.41, 5.74) is 0. The van der Waals surface area contributed by atoms with E-state index >= 15 is 0 Å². The van der Waals surface area contributed by atoms with Gasteiger partial charge in [0.15, 0.2) is 0 Å². The van der Waals surface area contributed by atoms with Crippen molar-refractivity contribution in [2.75, 3.05) is 31.9 Å². The molecule has 1 fully saturated rings.